The summed E-state index contributed by atoms with van der Waals surface area (Å²) >= 11 is 3.41. The lowest BCUT2D eigenvalue weighted by molar-refractivity contribution is 0.414. The fraction of sp³-hybridized carbons (Fsp3) is 0.231. The lowest BCUT2D eigenvalue weighted by Crippen LogP contribution is -2.12. The number of benzene rings is 1. The van der Waals surface area contributed by atoms with E-state index in [1.165, 1.54) is 0 Å². The quantitative estimate of drug-likeness (QED) is 0.941. The molecule has 0 spiro atoms. The van der Waals surface area contributed by atoms with E-state index < -0.39 is 0 Å². The molecule has 4 heteroatoms. The maximum absolute atomic E-state index is 6.09. The molecule has 90 valence electrons. The van der Waals surface area contributed by atoms with Crippen LogP contribution in [-0.2, 0) is 6.42 Å². The number of hydrogen-bond donors (Lipinski definition) is 1. The molecule has 2 rings (SSSR count). The van der Waals surface area contributed by atoms with Crippen molar-refractivity contribution in [2.45, 2.75) is 12.5 Å². The molecule has 0 aliphatic rings. The van der Waals surface area contributed by atoms with E-state index in [2.05, 4.69) is 15.9 Å². The number of furan rings is 1. The summed E-state index contributed by atoms with van der Waals surface area (Å²) in [5, 5.41) is 0. The van der Waals surface area contributed by atoms with Crippen molar-refractivity contribution in [2.75, 3.05) is 7.11 Å². The summed E-state index contributed by atoms with van der Waals surface area (Å²) in [4.78, 5) is 0. The van der Waals surface area contributed by atoms with Crippen molar-refractivity contribution in [1.82, 2.24) is 0 Å². The van der Waals surface area contributed by atoms with Gasteiger partial charge in [0.15, 0.2) is 0 Å². The number of rotatable bonds is 4. The highest BCUT2D eigenvalue weighted by atomic mass is 79.9. The molecular formula is C13H14BrNO2. The van der Waals surface area contributed by atoms with Gasteiger partial charge in [-0.2, -0.15) is 0 Å². The van der Waals surface area contributed by atoms with Gasteiger partial charge in [0.05, 0.1) is 23.9 Å². The van der Waals surface area contributed by atoms with Gasteiger partial charge in [0.25, 0.3) is 0 Å². The molecule has 3 nitrogen and oxygen atoms in total. The summed E-state index contributed by atoms with van der Waals surface area (Å²) in [6, 6.07) is 9.58. The van der Waals surface area contributed by atoms with Crippen LogP contribution in [0.1, 0.15) is 17.4 Å². The zero-order valence-corrected chi connectivity index (χ0v) is 11.1. The van der Waals surface area contributed by atoms with Gasteiger partial charge in [0.1, 0.15) is 11.5 Å². The minimum atomic E-state index is -0.146. The second-order valence-electron chi connectivity index (χ2n) is 3.79. The molecule has 1 aromatic carbocycles. The van der Waals surface area contributed by atoms with E-state index in [1.54, 1.807) is 13.4 Å². The van der Waals surface area contributed by atoms with Gasteiger partial charge in [-0.15, -0.1) is 0 Å². The van der Waals surface area contributed by atoms with Crippen LogP contribution in [0.3, 0.4) is 0 Å². The topological polar surface area (TPSA) is 48.4 Å². The van der Waals surface area contributed by atoms with Crippen LogP contribution in [0.2, 0.25) is 0 Å². The smallest absolute Gasteiger partial charge is 0.134 e. The molecule has 0 aliphatic carbocycles. The molecule has 1 heterocycles. The van der Waals surface area contributed by atoms with Gasteiger partial charge in [-0.25, -0.2) is 0 Å². The van der Waals surface area contributed by atoms with Crippen LogP contribution in [0, 0.1) is 0 Å². The van der Waals surface area contributed by atoms with Crippen molar-refractivity contribution in [3.63, 3.8) is 0 Å². The van der Waals surface area contributed by atoms with Crippen molar-refractivity contribution >= 4 is 15.9 Å². The third-order valence-corrected chi connectivity index (χ3v) is 3.25. The molecule has 0 fully saturated rings. The highest BCUT2D eigenvalue weighted by Crippen LogP contribution is 2.25. The maximum Gasteiger partial charge on any atom is 0.134 e. The van der Waals surface area contributed by atoms with Gasteiger partial charge in [-0.05, 0) is 46.1 Å². The number of halogens is 1. The van der Waals surface area contributed by atoms with E-state index in [4.69, 9.17) is 14.9 Å². The summed E-state index contributed by atoms with van der Waals surface area (Å²) in [6.45, 7) is 0. The van der Waals surface area contributed by atoms with Gasteiger partial charge in [0, 0.05) is 0 Å². The largest absolute Gasteiger partial charge is 0.497 e. The van der Waals surface area contributed by atoms with Crippen molar-refractivity contribution in [3.8, 4) is 5.75 Å². The molecular weight excluding hydrogens is 282 g/mol. The second-order valence-corrected chi connectivity index (χ2v) is 4.65. The molecule has 17 heavy (non-hydrogen) atoms. The van der Waals surface area contributed by atoms with Crippen molar-refractivity contribution in [2.24, 2.45) is 5.73 Å². The Bertz CT molecular complexity index is 478. The number of methoxy groups -OCH3 is 1. The summed E-state index contributed by atoms with van der Waals surface area (Å²) in [7, 11) is 1.65. The van der Waals surface area contributed by atoms with Crippen molar-refractivity contribution in [1.29, 1.82) is 0 Å². The zero-order chi connectivity index (χ0) is 12.3. The highest BCUT2D eigenvalue weighted by molar-refractivity contribution is 9.10. The van der Waals surface area contributed by atoms with Gasteiger partial charge in [-0.1, -0.05) is 12.1 Å². The number of hydrogen-bond acceptors (Lipinski definition) is 3. The van der Waals surface area contributed by atoms with Crippen molar-refractivity contribution < 1.29 is 9.15 Å². The van der Waals surface area contributed by atoms with Crippen LogP contribution in [0.5, 0.6) is 5.75 Å². The summed E-state index contributed by atoms with van der Waals surface area (Å²) in [6.07, 6.45) is 2.36. The molecule has 0 radical (unpaired) electrons. The minimum Gasteiger partial charge on any atom is -0.497 e. The average Bonchev–Trinajstić information content (AvgIpc) is 2.76. The maximum atomic E-state index is 6.09. The van der Waals surface area contributed by atoms with Gasteiger partial charge in [-0.3, -0.25) is 0 Å². The molecule has 0 amide bonds. The van der Waals surface area contributed by atoms with Gasteiger partial charge < -0.3 is 14.9 Å². The first kappa shape index (κ1) is 12.2. The molecule has 1 atom stereocenters. The Morgan fingerprint density at radius 2 is 2.00 bits per heavy atom. The Morgan fingerprint density at radius 3 is 2.53 bits per heavy atom. The Kier molecular flexibility index (Phi) is 3.86. The van der Waals surface area contributed by atoms with E-state index in [-0.39, 0.29) is 6.04 Å². The Labute approximate surface area is 109 Å². The SMILES string of the molecule is COc1ccc(CC(N)c2occc2Br)cc1. The average molecular weight is 296 g/mol. The minimum absolute atomic E-state index is 0.146. The molecule has 0 aliphatic heterocycles. The number of ether oxygens (including phenoxy) is 1. The molecule has 1 unspecified atom stereocenters. The van der Waals surface area contributed by atoms with E-state index in [0.29, 0.717) is 0 Å². The Morgan fingerprint density at radius 1 is 1.29 bits per heavy atom. The van der Waals surface area contributed by atoms with Crippen LogP contribution >= 0.6 is 15.9 Å². The standard InChI is InChI=1S/C13H14BrNO2/c1-16-10-4-2-9(3-5-10)8-12(15)13-11(14)6-7-17-13/h2-7,12H,8,15H2,1H3. The molecule has 1 aromatic heterocycles. The predicted octanol–water partition coefficient (Wildman–Crippen LogP) is 3.29. The first-order valence-electron chi connectivity index (χ1n) is 5.32. The summed E-state index contributed by atoms with van der Waals surface area (Å²) in [5.41, 5.74) is 7.24. The lowest BCUT2D eigenvalue weighted by atomic mass is 10.0. The van der Waals surface area contributed by atoms with Gasteiger partial charge >= 0.3 is 0 Å². The fourth-order valence-corrected chi connectivity index (χ4v) is 2.17. The number of nitrogens with two attached hydrogens (primary N) is 1. The monoisotopic (exact) mass is 295 g/mol. The third-order valence-electron chi connectivity index (χ3n) is 2.60. The summed E-state index contributed by atoms with van der Waals surface area (Å²) in [5.74, 6) is 1.63. The molecule has 2 N–H and O–H groups in total. The molecule has 0 bridgehead atoms. The van der Waals surface area contributed by atoms with E-state index in [1.807, 2.05) is 30.3 Å². The van der Waals surface area contributed by atoms with Crippen LogP contribution < -0.4 is 10.5 Å². The van der Waals surface area contributed by atoms with E-state index >= 15 is 0 Å². The van der Waals surface area contributed by atoms with Crippen LogP contribution in [0.15, 0.2) is 45.5 Å². The molecule has 2 aromatic rings. The lowest BCUT2D eigenvalue weighted by Gasteiger charge is -2.10. The molecule has 0 saturated heterocycles. The highest BCUT2D eigenvalue weighted by Gasteiger charge is 2.13. The normalized spacial score (nSPS) is 12.4. The first-order chi connectivity index (χ1) is 8.20. The predicted molar refractivity (Wildman–Crippen MR) is 70.0 cm³/mol. The van der Waals surface area contributed by atoms with Crippen LogP contribution in [0.4, 0.5) is 0 Å². The van der Waals surface area contributed by atoms with Crippen molar-refractivity contribution in [3.05, 3.63) is 52.4 Å². The zero-order valence-electron chi connectivity index (χ0n) is 9.52. The molecule has 0 saturated carbocycles. The fourth-order valence-electron chi connectivity index (χ4n) is 1.68. The van der Waals surface area contributed by atoms with E-state index in [9.17, 15) is 0 Å². The van der Waals surface area contributed by atoms with Crippen LogP contribution in [-0.4, -0.2) is 7.11 Å². The van der Waals surface area contributed by atoms with E-state index in [0.717, 1.165) is 28.0 Å². The Hall–Kier alpha value is -1.26. The van der Waals surface area contributed by atoms with Crippen LogP contribution in [0.25, 0.3) is 0 Å². The first-order valence-corrected chi connectivity index (χ1v) is 6.11. The second kappa shape index (κ2) is 5.38. The van der Waals surface area contributed by atoms with Gasteiger partial charge in [0.2, 0.25) is 0 Å². The Balaban J connectivity index is 2.07. The summed E-state index contributed by atoms with van der Waals surface area (Å²) < 4.78 is 11.4. The third kappa shape index (κ3) is 2.90.